The first-order valence-electron chi connectivity index (χ1n) is 6.12. The third-order valence-corrected chi connectivity index (χ3v) is 3.06. The average Bonchev–Trinajstić information content (AvgIpc) is 2.27. The van der Waals surface area contributed by atoms with E-state index < -0.39 is 0 Å². The van der Waals surface area contributed by atoms with Crippen molar-refractivity contribution in [3.8, 4) is 0 Å². The van der Waals surface area contributed by atoms with Crippen molar-refractivity contribution in [1.29, 1.82) is 0 Å². The highest BCUT2D eigenvalue weighted by atomic mass is 35.5. The van der Waals surface area contributed by atoms with Crippen molar-refractivity contribution >= 4 is 17.3 Å². The van der Waals surface area contributed by atoms with Crippen molar-refractivity contribution in [3.05, 3.63) is 58.4 Å². The third kappa shape index (κ3) is 4.03. The summed E-state index contributed by atoms with van der Waals surface area (Å²) < 4.78 is 13.2. The number of nitrogens with zero attached hydrogens (tertiary/aromatic N) is 1. The molecule has 0 aliphatic carbocycles. The summed E-state index contributed by atoms with van der Waals surface area (Å²) in [6.45, 7) is 11.7. The monoisotopic (exact) mass is 279 g/mol. The van der Waals surface area contributed by atoms with Crippen LogP contribution in [0.4, 0.5) is 4.39 Å². The normalized spacial score (nSPS) is 11.7. The summed E-state index contributed by atoms with van der Waals surface area (Å²) in [5, 5.41) is 0.385. The molecule has 1 aromatic carbocycles. The van der Waals surface area contributed by atoms with Crippen molar-refractivity contribution in [2.75, 3.05) is 0 Å². The number of rotatable bonds is 4. The predicted octanol–water partition coefficient (Wildman–Crippen LogP) is 5.52. The maximum atomic E-state index is 13.2. The number of hydrogen-bond donors (Lipinski definition) is 0. The van der Waals surface area contributed by atoms with Gasteiger partial charge in [-0.3, -0.25) is 4.99 Å². The number of allylic oxidation sites excluding steroid dienone is 1. The molecule has 0 fully saturated rings. The largest absolute Gasteiger partial charge is 0.282 e. The molecule has 0 saturated heterocycles. The molecule has 19 heavy (non-hydrogen) atoms. The zero-order valence-corrected chi connectivity index (χ0v) is 12.6. The van der Waals surface area contributed by atoms with Gasteiger partial charge in [0, 0.05) is 10.7 Å². The molecule has 3 heteroatoms. The minimum absolute atomic E-state index is 0.236. The van der Waals surface area contributed by atoms with Crippen LogP contribution < -0.4 is 0 Å². The van der Waals surface area contributed by atoms with E-state index in [9.17, 15) is 4.39 Å². The van der Waals surface area contributed by atoms with E-state index in [4.69, 9.17) is 11.6 Å². The molecule has 0 spiro atoms. The van der Waals surface area contributed by atoms with Crippen LogP contribution in [0.2, 0.25) is 5.02 Å². The van der Waals surface area contributed by atoms with Crippen LogP contribution >= 0.6 is 11.6 Å². The Morgan fingerprint density at radius 2 is 1.95 bits per heavy atom. The molecule has 1 rings (SSSR count). The van der Waals surface area contributed by atoms with Gasteiger partial charge in [0.2, 0.25) is 0 Å². The summed E-state index contributed by atoms with van der Waals surface area (Å²) in [6.07, 6.45) is 1.78. The Morgan fingerprint density at radius 1 is 1.32 bits per heavy atom. The number of benzene rings is 1. The van der Waals surface area contributed by atoms with E-state index >= 15 is 0 Å². The summed E-state index contributed by atoms with van der Waals surface area (Å²) in [4.78, 5) is 4.61. The topological polar surface area (TPSA) is 12.4 Å². The Bertz CT molecular complexity index is 536. The Labute approximate surface area is 119 Å². The Hall–Kier alpha value is -1.41. The summed E-state index contributed by atoms with van der Waals surface area (Å²) >= 11 is 6.15. The lowest BCUT2D eigenvalue weighted by Crippen LogP contribution is -2.03. The lowest BCUT2D eigenvalue weighted by Gasteiger charge is -2.18. The van der Waals surface area contributed by atoms with Gasteiger partial charge in [-0.05, 0) is 51.0 Å². The van der Waals surface area contributed by atoms with Crippen molar-refractivity contribution < 1.29 is 4.39 Å². The first kappa shape index (κ1) is 15.6. The fourth-order valence-corrected chi connectivity index (χ4v) is 2.15. The van der Waals surface area contributed by atoms with Crippen molar-refractivity contribution in [1.82, 2.24) is 0 Å². The van der Waals surface area contributed by atoms with Gasteiger partial charge in [0.05, 0.1) is 0 Å². The third-order valence-electron chi connectivity index (χ3n) is 2.74. The Balaban J connectivity index is 3.45. The number of aliphatic imine (C=N–C) groups is 1. The highest BCUT2D eigenvalue weighted by molar-refractivity contribution is 6.31. The molecule has 0 saturated carbocycles. The maximum Gasteiger partial charge on any atom is 0.124 e. The summed E-state index contributed by atoms with van der Waals surface area (Å²) in [5.74, 6) is -0.345. The highest BCUT2D eigenvalue weighted by Gasteiger charge is 2.18. The minimum atomic E-state index is -0.345. The lowest BCUT2D eigenvalue weighted by molar-refractivity contribution is 0.626. The van der Waals surface area contributed by atoms with Crippen LogP contribution in [0.25, 0.3) is 0 Å². The Kier molecular flexibility index (Phi) is 5.49. The minimum Gasteiger partial charge on any atom is -0.282 e. The molecule has 1 atom stereocenters. The summed E-state index contributed by atoms with van der Waals surface area (Å²) in [6, 6.07) is 4.16. The molecule has 0 bridgehead atoms. The Morgan fingerprint density at radius 3 is 2.37 bits per heavy atom. The molecular weight excluding hydrogens is 261 g/mol. The van der Waals surface area contributed by atoms with E-state index in [1.54, 1.807) is 12.1 Å². The number of hydrogen-bond acceptors (Lipinski definition) is 1. The second-order valence-electron chi connectivity index (χ2n) is 4.80. The molecule has 0 aliphatic rings. The molecule has 0 amide bonds. The van der Waals surface area contributed by atoms with Gasteiger partial charge in [-0.25, -0.2) is 4.39 Å². The fourth-order valence-electron chi connectivity index (χ4n) is 1.88. The summed E-state index contributed by atoms with van der Waals surface area (Å²) in [5.41, 5.74) is 3.84. The molecule has 1 nitrogen and oxygen atoms in total. The van der Waals surface area contributed by atoms with Crippen LogP contribution in [0, 0.1) is 5.82 Å². The van der Waals surface area contributed by atoms with Gasteiger partial charge in [-0.2, -0.15) is 0 Å². The van der Waals surface area contributed by atoms with Gasteiger partial charge < -0.3 is 0 Å². The average molecular weight is 280 g/mol. The first-order valence-corrected chi connectivity index (χ1v) is 6.50. The molecule has 1 unspecified atom stereocenters. The van der Waals surface area contributed by atoms with Gasteiger partial charge in [0.15, 0.2) is 0 Å². The van der Waals surface area contributed by atoms with Crippen LogP contribution in [0.1, 0.15) is 39.3 Å². The molecule has 1 aromatic rings. The van der Waals surface area contributed by atoms with Crippen LogP contribution in [-0.4, -0.2) is 5.71 Å². The van der Waals surface area contributed by atoms with Crippen LogP contribution in [0.15, 0.2) is 47.0 Å². The van der Waals surface area contributed by atoms with Crippen molar-refractivity contribution in [2.45, 2.75) is 33.7 Å². The zero-order valence-electron chi connectivity index (χ0n) is 11.8. The molecule has 102 valence electrons. The first-order chi connectivity index (χ1) is 8.86. The van der Waals surface area contributed by atoms with E-state index in [0.29, 0.717) is 5.02 Å². The van der Waals surface area contributed by atoms with Gasteiger partial charge >= 0.3 is 0 Å². The molecule has 0 heterocycles. The predicted molar refractivity (Wildman–Crippen MR) is 81.5 cm³/mol. The van der Waals surface area contributed by atoms with Gasteiger partial charge in [0.25, 0.3) is 0 Å². The second-order valence-corrected chi connectivity index (χ2v) is 5.21. The number of halogens is 2. The van der Waals surface area contributed by atoms with Gasteiger partial charge in [-0.15, -0.1) is 0 Å². The molecule has 0 aromatic heterocycles. The molecular formula is C16H19ClFN. The smallest absolute Gasteiger partial charge is 0.124 e. The van der Waals surface area contributed by atoms with Gasteiger partial charge in [0.1, 0.15) is 11.9 Å². The van der Waals surface area contributed by atoms with Crippen LogP contribution in [0.3, 0.4) is 0 Å². The molecule has 0 aliphatic heterocycles. The van der Waals surface area contributed by atoms with E-state index in [2.05, 4.69) is 11.6 Å². The zero-order chi connectivity index (χ0) is 14.6. The molecule has 0 N–H and O–H groups in total. The van der Waals surface area contributed by atoms with Crippen LogP contribution in [0.5, 0.6) is 0 Å². The molecule has 0 radical (unpaired) electrons. The van der Waals surface area contributed by atoms with Crippen molar-refractivity contribution in [3.63, 3.8) is 0 Å². The van der Waals surface area contributed by atoms with E-state index in [1.165, 1.54) is 12.1 Å². The standard InChI is InChI=1S/C16H19ClFN/c1-6-13(10(2)3)16(19-11(4)5)14-8-7-12(18)9-15(14)17/h6-9,16H,1H2,2-5H3. The van der Waals surface area contributed by atoms with Gasteiger partial charge in [-0.1, -0.05) is 35.9 Å². The summed E-state index contributed by atoms with van der Waals surface area (Å²) in [7, 11) is 0. The highest BCUT2D eigenvalue weighted by Crippen LogP contribution is 2.34. The van der Waals surface area contributed by atoms with E-state index in [0.717, 1.165) is 22.4 Å². The maximum absolute atomic E-state index is 13.2. The quantitative estimate of drug-likeness (QED) is 0.508. The van der Waals surface area contributed by atoms with Crippen molar-refractivity contribution in [2.24, 2.45) is 4.99 Å². The second kappa shape index (κ2) is 6.67. The lowest BCUT2D eigenvalue weighted by atomic mass is 9.95. The SMILES string of the molecule is C=CC(=C(C)C)C(N=C(C)C)c1ccc(F)cc1Cl. The van der Waals surface area contributed by atoms with Crippen LogP contribution in [-0.2, 0) is 0 Å². The van der Waals surface area contributed by atoms with E-state index in [1.807, 2.05) is 27.7 Å². The fraction of sp³-hybridized carbons (Fsp3) is 0.312. The van der Waals surface area contributed by atoms with E-state index in [-0.39, 0.29) is 11.9 Å².